The molecule has 0 radical (unpaired) electrons. The summed E-state index contributed by atoms with van der Waals surface area (Å²) >= 11 is 0. The lowest BCUT2D eigenvalue weighted by Gasteiger charge is -2.07. The topological polar surface area (TPSA) is 87.1 Å². The molecule has 1 rings (SSSR count). The average molecular weight is 246 g/mol. The van der Waals surface area contributed by atoms with Gasteiger partial charge in [0.25, 0.3) is 0 Å². The molecule has 4 heteroatoms. The van der Waals surface area contributed by atoms with Crippen molar-refractivity contribution in [2.45, 2.75) is 19.9 Å². The highest BCUT2D eigenvalue weighted by Crippen LogP contribution is 1.99. The number of benzene rings is 1. The van der Waals surface area contributed by atoms with Gasteiger partial charge in [-0.15, -0.1) is 0 Å². The second-order valence-electron chi connectivity index (χ2n) is 3.98. The first-order valence-electron chi connectivity index (χ1n) is 5.58. The lowest BCUT2D eigenvalue weighted by molar-refractivity contribution is -0.139. The lowest BCUT2D eigenvalue weighted by Crippen LogP contribution is -2.34. The maximum Gasteiger partial charge on any atom is 0.320 e. The first kappa shape index (κ1) is 15.9. The highest BCUT2D eigenvalue weighted by Gasteiger charge is 2.14. The van der Waals surface area contributed by atoms with Gasteiger partial charge in [-0.05, 0) is 17.6 Å². The summed E-state index contributed by atoms with van der Waals surface area (Å²) in [4.78, 5) is 10.0. The van der Waals surface area contributed by atoms with Crippen LogP contribution >= 0.6 is 0 Å². The third-order valence-corrected chi connectivity index (χ3v) is 2.15. The Balaban J connectivity index is 0.000000331. The van der Waals surface area contributed by atoms with Crippen molar-refractivity contribution in [1.82, 2.24) is 0 Å². The van der Waals surface area contributed by atoms with Gasteiger partial charge in [0.05, 0.1) is 6.07 Å². The Labute approximate surface area is 107 Å². The quantitative estimate of drug-likeness (QED) is 0.801. The Morgan fingerprint density at radius 1 is 1.39 bits per heavy atom. The summed E-state index contributed by atoms with van der Waals surface area (Å²) in [5.41, 5.74) is 6.22. The van der Waals surface area contributed by atoms with Crippen molar-refractivity contribution in [2.24, 2.45) is 11.7 Å². The van der Waals surface area contributed by atoms with Crippen LogP contribution in [0.2, 0.25) is 0 Å². The molecule has 0 saturated carbocycles. The van der Waals surface area contributed by atoms with E-state index >= 15 is 0 Å². The zero-order valence-corrected chi connectivity index (χ0v) is 10.6. The summed E-state index contributed by atoms with van der Waals surface area (Å²) in [7, 11) is 0. The van der Waals surface area contributed by atoms with Crippen LogP contribution in [0.3, 0.4) is 0 Å². The van der Waals surface area contributed by atoms with E-state index in [-0.39, 0.29) is 5.92 Å². The number of carboxylic acid groups (broad SMARTS) is 1. The number of rotatable bonds is 3. The lowest BCUT2D eigenvalue weighted by atomic mass is 10.1. The predicted octanol–water partition coefficient (Wildman–Crippen LogP) is 2.28. The molecule has 0 aliphatic carbocycles. The fourth-order valence-corrected chi connectivity index (χ4v) is 0.983. The minimum Gasteiger partial charge on any atom is -0.480 e. The molecule has 96 valence electrons. The summed E-state index contributed by atoms with van der Waals surface area (Å²) in [6, 6.07) is 11.0. The highest BCUT2D eigenvalue weighted by molar-refractivity contribution is 5.73. The molecule has 0 fully saturated rings. The molecule has 0 amide bonds. The Bertz CT molecular complexity index is 419. The minimum atomic E-state index is -0.931. The van der Waals surface area contributed by atoms with Crippen molar-refractivity contribution in [3.8, 4) is 6.07 Å². The molecule has 0 aliphatic rings. The van der Waals surface area contributed by atoms with Crippen LogP contribution in [-0.4, -0.2) is 17.1 Å². The second-order valence-corrected chi connectivity index (χ2v) is 3.98. The summed E-state index contributed by atoms with van der Waals surface area (Å²) in [6.45, 7) is 3.55. The zero-order valence-electron chi connectivity index (χ0n) is 10.6. The molecule has 0 bridgehead atoms. The Kier molecular flexibility index (Phi) is 7.91. The van der Waals surface area contributed by atoms with Crippen LogP contribution in [0.4, 0.5) is 0 Å². The number of allylic oxidation sites excluding steroid dienone is 1. The fourth-order valence-electron chi connectivity index (χ4n) is 0.983. The third kappa shape index (κ3) is 7.20. The molecule has 0 unspecified atom stereocenters. The van der Waals surface area contributed by atoms with Crippen LogP contribution < -0.4 is 5.73 Å². The number of hydrogen-bond acceptors (Lipinski definition) is 3. The first-order chi connectivity index (χ1) is 8.49. The van der Waals surface area contributed by atoms with Crippen molar-refractivity contribution >= 4 is 12.0 Å². The van der Waals surface area contributed by atoms with Crippen molar-refractivity contribution in [3.05, 3.63) is 42.0 Å². The number of aliphatic carboxylic acids is 1. The number of carbonyl (C=O) groups is 1. The van der Waals surface area contributed by atoms with E-state index in [1.165, 1.54) is 6.08 Å². The van der Waals surface area contributed by atoms with Gasteiger partial charge in [0.1, 0.15) is 6.04 Å². The van der Waals surface area contributed by atoms with Gasteiger partial charge in [-0.2, -0.15) is 5.26 Å². The summed E-state index contributed by atoms with van der Waals surface area (Å²) in [5.74, 6) is -0.910. The van der Waals surface area contributed by atoms with Gasteiger partial charge < -0.3 is 10.8 Å². The number of carboxylic acids is 1. The van der Waals surface area contributed by atoms with Crippen LogP contribution in [-0.2, 0) is 4.79 Å². The Hall–Kier alpha value is -2.12. The first-order valence-corrected chi connectivity index (χ1v) is 5.58. The summed E-state index contributed by atoms with van der Waals surface area (Å²) in [5, 5.41) is 16.4. The number of nitrogens with zero attached hydrogens (tertiary/aromatic N) is 1. The predicted molar refractivity (Wildman–Crippen MR) is 71.5 cm³/mol. The standard InChI is InChI=1S/C9H7N.C5H11NO2/c10-8-4-7-9-5-2-1-3-6-9;1-3(2)4(6)5(7)8/h1-7H;3-4H,6H2,1-2H3,(H,7,8)/b7-4+;/t;4-/m.0/s1. The van der Waals surface area contributed by atoms with Gasteiger partial charge in [-0.3, -0.25) is 4.79 Å². The average Bonchev–Trinajstić information content (AvgIpc) is 2.37. The van der Waals surface area contributed by atoms with Crippen molar-refractivity contribution in [2.75, 3.05) is 0 Å². The molecule has 0 aromatic heterocycles. The van der Waals surface area contributed by atoms with E-state index in [9.17, 15) is 4.79 Å². The number of nitriles is 1. The van der Waals surface area contributed by atoms with Crippen LogP contribution in [0.25, 0.3) is 6.08 Å². The molecule has 0 saturated heterocycles. The molecule has 4 nitrogen and oxygen atoms in total. The Morgan fingerprint density at radius 2 is 1.94 bits per heavy atom. The van der Waals surface area contributed by atoms with Crippen LogP contribution in [0.1, 0.15) is 19.4 Å². The molecule has 0 heterocycles. The van der Waals surface area contributed by atoms with Crippen molar-refractivity contribution in [3.63, 3.8) is 0 Å². The van der Waals surface area contributed by atoms with Gasteiger partial charge in [0, 0.05) is 6.08 Å². The van der Waals surface area contributed by atoms with E-state index in [4.69, 9.17) is 16.1 Å². The minimum absolute atomic E-state index is 0.0208. The van der Waals surface area contributed by atoms with Gasteiger partial charge in [0.2, 0.25) is 0 Å². The van der Waals surface area contributed by atoms with E-state index in [0.29, 0.717) is 0 Å². The van der Waals surface area contributed by atoms with Crippen LogP contribution in [0.15, 0.2) is 36.4 Å². The smallest absolute Gasteiger partial charge is 0.320 e. The van der Waals surface area contributed by atoms with Gasteiger partial charge in [0.15, 0.2) is 0 Å². The van der Waals surface area contributed by atoms with Gasteiger partial charge >= 0.3 is 5.97 Å². The van der Waals surface area contributed by atoms with E-state index in [1.807, 2.05) is 36.4 Å². The molecule has 0 spiro atoms. The summed E-state index contributed by atoms with van der Waals surface area (Å²) in [6.07, 6.45) is 3.25. The molecule has 1 aromatic rings. The molecule has 1 atom stereocenters. The molecule has 3 N–H and O–H groups in total. The number of nitrogens with two attached hydrogens (primary N) is 1. The van der Waals surface area contributed by atoms with E-state index in [0.717, 1.165) is 5.56 Å². The Morgan fingerprint density at radius 3 is 2.28 bits per heavy atom. The SMILES string of the molecule is CC(C)[C@H](N)C(=O)O.N#C/C=C/c1ccccc1. The molecular weight excluding hydrogens is 228 g/mol. The van der Waals surface area contributed by atoms with E-state index < -0.39 is 12.0 Å². The fraction of sp³-hybridized carbons (Fsp3) is 0.286. The molecular formula is C14H18N2O2. The largest absolute Gasteiger partial charge is 0.480 e. The van der Waals surface area contributed by atoms with Crippen LogP contribution in [0.5, 0.6) is 0 Å². The van der Waals surface area contributed by atoms with Crippen LogP contribution in [0, 0.1) is 17.2 Å². The third-order valence-electron chi connectivity index (χ3n) is 2.15. The second kappa shape index (κ2) is 8.97. The molecule has 18 heavy (non-hydrogen) atoms. The molecule has 1 aromatic carbocycles. The van der Waals surface area contributed by atoms with Crippen molar-refractivity contribution < 1.29 is 9.90 Å². The summed E-state index contributed by atoms with van der Waals surface area (Å²) < 4.78 is 0. The van der Waals surface area contributed by atoms with E-state index in [1.54, 1.807) is 19.9 Å². The monoisotopic (exact) mass is 246 g/mol. The molecule has 0 aliphatic heterocycles. The zero-order chi connectivity index (χ0) is 14.0. The maximum absolute atomic E-state index is 10.0. The van der Waals surface area contributed by atoms with Gasteiger partial charge in [-0.1, -0.05) is 44.2 Å². The number of hydrogen-bond donors (Lipinski definition) is 2. The normalized spacial score (nSPS) is 11.5. The maximum atomic E-state index is 10.0. The highest BCUT2D eigenvalue weighted by atomic mass is 16.4. The van der Waals surface area contributed by atoms with Gasteiger partial charge in [-0.25, -0.2) is 0 Å². The van der Waals surface area contributed by atoms with E-state index in [2.05, 4.69) is 0 Å². The van der Waals surface area contributed by atoms with Crippen molar-refractivity contribution in [1.29, 1.82) is 5.26 Å².